The number of alkyl halides is 1. The standard InChI is InChI=1S/C17H18ClN/c1-13-10-14-6-2-4-8-16(14)19(12-13)17-9-5-3-7-15(17)11-18/h2-9,13H,10-12H2,1H3. The average molecular weight is 272 g/mol. The molecule has 3 rings (SSSR count). The van der Waals surface area contributed by atoms with Crippen molar-refractivity contribution in [3.63, 3.8) is 0 Å². The second-order valence-corrected chi connectivity index (χ2v) is 5.58. The number of hydrogen-bond donors (Lipinski definition) is 0. The van der Waals surface area contributed by atoms with Crippen LogP contribution in [0.4, 0.5) is 11.4 Å². The maximum absolute atomic E-state index is 6.09. The van der Waals surface area contributed by atoms with E-state index in [0.29, 0.717) is 11.8 Å². The number of para-hydroxylation sites is 2. The summed E-state index contributed by atoms with van der Waals surface area (Å²) in [5.74, 6) is 1.22. The van der Waals surface area contributed by atoms with E-state index >= 15 is 0 Å². The summed E-state index contributed by atoms with van der Waals surface area (Å²) >= 11 is 6.09. The smallest absolute Gasteiger partial charge is 0.0494 e. The largest absolute Gasteiger partial charge is 0.341 e. The van der Waals surface area contributed by atoms with E-state index in [1.807, 2.05) is 0 Å². The molecular weight excluding hydrogens is 254 g/mol. The van der Waals surface area contributed by atoms with Crippen LogP contribution in [0.15, 0.2) is 48.5 Å². The minimum atomic E-state index is 0.559. The molecule has 98 valence electrons. The molecule has 0 amide bonds. The molecule has 2 heteroatoms. The van der Waals surface area contributed by atoms with Crippen molar-refractivity contribution in [1.82, 2.24) is 0 Å². The van der Waals surface area contributed by atoms with Crippen molar-refractivity contribution in [2.24, 2.45) is 5.92 Å². The predicted octanol–water partition coefficient (Wildman–Crippen LogP) is 4.76. The highest BCUT2D eigenvalue weighted by Crippen LogP contribution is 2.37. The fourth-order valence-electron chi connectivity index (χ4n) is 2.91. The summed E-state index contributed by atoms with van der Waals surface area (Å²) in [6.07, 6.45) is 1.16. The van der Waals surface area contributed by atoms with Crippen LogP contribution in [0, 0.1) is 5.92 Å². The van der Waals surface area contributed by atoms with E-state index in [2.05, 4.69) is 60.4 Å². The molecule has 0 radical (unpaired) electrons. The Morgan fingerprint density at radius 2 is 1.74 bits per heavy atom. The minimum absolute atomic E-state index is 0.559. The van der Waals surface area contributed by atoms with Gasteiger partial charge in [0.15, 0.2) is 0 Å². The van der Waals surface area contributed by atoms with E-state index in [4.69, 9.17) is 11.6 Å². The van der Waals surface area contributed by atoms with Gasteiger partial charge in [0.05, 0.1) is 0 Å². The predicted molar refractivity (Wildman–Crippen MR) is 82.3 cm³/mol. The SMILES string of the molecule is CC1Cc2ccccc2N(c2ccccc2CCl)C1. The maximum Gasteiger partial charge on any atom is 0.0494 e. The number of anilines is 2. The van der Waals surface area contributed by atoms with E-state index in [0.717, 1.165) is 13.0 Å². The topological polar surface area (TPSA) is 3.24 Å². The van der Waals surface area contributed by atoms with Gasteiger partial charge in [-0.3, -0.25) is 0 Å². The van der Waals surface area contributed by atoms with Crippen LogP contribution >= 0.6 is 11.6 Å². The Hall–Kier alpha value is -1.47. The van der Waals surface area contributed by atoms with Gasteiger partial charge in [-0.15, -0.1) is 11.6 Å². The first-order valence-electron chi connectivity index (χ1n) is 6.79. The van der Waals surface area contributed by atoms with Crippen molar-refractivity contribution in [3.8, 4) is 0 Å². The van der Waals surface area contributed by atoms with Gasteiger partial charge in [-0.2, -0.15) is 0 Å². The third-order valence-corrected chi connectivity index (χ3v) is 4.06. The van der Waals surface area contributed by atoms with Crippen LogP contribution in [0.25, 0.3) is 0 Å². The molecule has 1 aliphatic rings. The normalized spacial score (nSPS) is 18.2. The zero-order valence-electron chi connectivity index (χ0n) is 11.1. The third-order valence-electron chi connectivity index (χ3n) is 3.77. The summed E-state index contributed by atoms with van der Waals surface area (Å²) in [6.45, 7) is 3.37. The molecule has 0 aliphatic carbocycles. The summed E-state index contributed by atoms with van der Waals surface area (Å²) in [5.41, 5.74) is 5.22. The van der Waals surface area contributed by atoms with Gasteiger partial charge in [-0.25, -0.2) is 0 Å². The highest BCUT2D eigenvalue weighted by molar-refractivity contribution is 6.17. The van der Waals surface area contributed by atoms with Crippen molar-refractivity contribution < 1.29 is 0 Å². The van der Waals surface area contributed by atoms with Crippen LogP contribution in [0.3, 0.4) is 0 Å². The first-order chi connectivity index (χ1) is 9.29. The summed E-state index contributed by atoms with van der Waals surface area (Å²) in [4.78, 5) is 2.42. The van der Waals surface area contributed by atoms with Crippen LogP contribution in [-0.4, -0.2) is 6.54 Å². The van der Waals surface area contributed by atoms with Gasteiger partial charge >= 0.3 is 0 Å². The summed E-state index contributed by atoms with van der Waals surface area (Å²) in [6, 6.07) is 17.1. The Morgan fingerprint density at radius 3 is 2.53 bits per heavy atom. The van der Waals surface area contributed by atoms with E-state index in [-0.39, 0.29) is 0 Å². The lowest BCUT2D eigenvalue weighted by Gasteiger charge is -2.35. The fraction of sp³-hybridized carbons (Fsp3) is 0.294. The molecule has 1 atom stereocenters. The highest BCUT2D eigenvalue weighted by Gasteiger charge is 2.23. The van der Waals surface area contributed by atoms with E-state index < -0.39 is 0 Å². The molecule has 0 bridgehead atoms. The van der Waals surface area contributed by atoms with Gasteiger partial charge in [-0.05, 0) is 35.6 Å². The van der Waals surface area contributed by atoms with E-state index in [9.17, 15) is 0 Å². The number of rotatable bonds is 2. The summed E-state index contributed by atoms with van der Waals surface area (Å²) < 4.78 is 0. The Balaban J connectivity index is 2.10. The molecule has 19 heavy (non-hydrogen) atoms. The molecule has 1 nitrogen and oxygen atoms in total. The Bertz CT molecular complexity index is 579. The molecule has 2 aromatic carbocycles. The van der Waals surface area contributed by atoms with Crippen LogP contribution in [0.2, 0.25) is 0 Å². The van der Waals surface area contributed by atoms with Crippen molar-refractivity contribution in [2.45, 2.75) is 19.2 Å². The van der Waals surface area contributed by atoms with E-state index in [1.165, 1.54) is 22.5 Å². The van der Waals surface area contributed by atoms with Crippen LogP contribution in [0.1, 0.15) is 18.1 Å². The number of nitrogens with zero attached hydrogens (tertiary/aromatic N) is 1. The van der Waals surface area contributed by atoms with Crippen molar-refractivity contribution >= 4 is 23.0 Å². The minimum Gasteiger partial charge on any atom is -0.341 e. The lowest BCUT2D eigenvalue weighted by molar-refractivity contribution is 0.562. The van der Waals surface area contributed by atoms with Gasteiger partial charge in [-0.1, -0.05) is 43.3 Å². The van der Waals surface area contributed by atoms with Crippen molar-refractivity contribution in [1.29, 1.82) is 0 Å². The Morgan fingerprint density at radius 1 is 1.05 bits per heavy atom. The molecule has 1 unspecified atom stereocenters. The Kier molecular flexibility index (Phi) is 3.48. The third kappa shape index (κ3) is 2.35. The molecule has 0 saturated carbocycles. The number of benzene rings is 2. The second kappa shape index (κ2) is 5.26. The molecule has 0 aromatic heterocycles. The first kappa shape index (κ1) is 12.6. The van der Waals surface area contributed by atoms with Crippen LogP contribution < -0.4 is 4.90 Å². The zero-order valence-corrected chi connectivity index (χ0v) is 11.9. The van der Waals surface area contributed by atoms with Gasteiger partial charge in [0, 0.05) is 23.8 Å². The summed E-state index contributed by atoms with van der Waals surface area (Å²) in [7, 11) is 0. The molecular formula is C17H18ClN. The molecule has 0 saturated heterocycles. The van der Waals surface area contributed by atoms with E-state index in [1.54, 1.807) is 0 Å². The van der Waals surface area contributed by atoms with Gasteiger partial charge in [0.2, 0.25) is 0 Å². The number of fused-ring (bicyclic) bond motifs is 1. The number of halogens is 1. The van der Waals surface area contributed by atoms with Crippen LogP contribution in [-0.2, 0) is 12.3 Å². The average Bonchev–Trinajstić information content (AvgIpc) is 2.46. The fourth-order valence-corrected chi connectivity index (χ4v) is 3.14. The molecule has 1 aliphatic heterocycles. The lowest BCUT2D eigenvalue weighted by Crippen LogP contribution is -2.30. The van der Waals surface area contributed by atoms with Crippen LogP contribution in [0.5, 0.6) is 0 Å². The van der Waals surface area contributed by atoms with Crippen molar-refractivity contribution in [3.05, 3.63) is 59.7 Å². The second-order valence-electron chi connectivity index (χ2n) is 5.31. The monoisotopic (exact) mass is 271 g/mol. The molecule has 1 heterocycles. The Labute approximate surface area is 119 Å². The first-order valence-corrected chi connectivity index (χ1v) is 7.32. The molecule has 2 aromatic rings. The quantitative estimate of drug-likeness (QED) is 0.712. The van der Waals surface area contributed by atoms with Gasteiger partial charge < -0.3 is 4.90 Å². The highest BCUT2D eigenvalue weighted by atomic mass is 35.5. The molecule has 0 spiro atoms. The summed E-state index contributed by atoms with van der Waals surface area (Å²) in [5, 5.41) is 0. The molecule has 0 fully saturated rings. The van der Waals surface area contributed by atoms with Gasteiger partial charge in [0.25, 0.3) is 0 Å². The lowest BCUT2D eigenvalue weighted by atomic mass is 9.93. The zero-order chi connectivity index (χ0) is 13.2. The number of hydrogen-bond acceptors (Lipinski definition) is 1. The van der Waals surface area contributed by atoms with Crippen molar-refractivity contribution in [2.75, 3.05) is 11.4 Å². The maximum atomic E-state index is 6.09. The molecule has 0 N–H and O–H groups in total. The van der Waals surface area contributed by atoms with Gasteiger partial charge in [0.1, 0.15) is 0 Å².